The van der Waals surface area contributed by atoms with Crippen molar-refractivity contribution in [1.29, 1.82) is 0 Å². The number of nitro benzene ring substituents is 1. The number of benzene rings is 2. The molecule has 0 atom stereocenters. The maximum Gasteiger partial charge on any atom is 0.573 e. The molecule has 0 radical (unpaired) electrons. The molecule has 0 fully saturated rings. The van der Waals surface area contributed by atoms with Gasteiger partial charge in [0.15, 0.2) is 0 Å². The van der Waals surface area contributed by atoms with Crippen molar-refractivity contribution in [2.24, 2.45) is 0 Å². The van der Waals surface area contributed by atoms with E-state index >= 15 is 0 Å². The predicted octanol–water partition coefficient (Wildman–Crippen LogP) is 4.08. The number of nitrogens with zero attached hydrogens (tertiary/aromatic N) is 1. The summed E-state index contributed by atoms with van der Waals surface area (Å²) in [4.78, 5) is 22.3. The van der Waals surface area contributed by atoms with Crippen LogP contribution in [0.25, 0.3) is 0 Å². The van der Waals surface area contributed by atoms with Crippen molar-refractivity contribution >= 4 is 23.2 Å². The van der Waals surface area contributed by atoms with Gasteiger partial charge in [0.05, 0.1) is 4.92 Å². The van der Waals surface area contributed by atoms with E-state index in [-0.39, 0.29) is 22.7 Å². The van der Waals surface area contributed by atoms with Crippen LogP contribution in [0.15, 0.2) is 42.5 Å². The second-order valence-electron chi connectivity index (χ2n) is 4.76. The van der Waals surface area contributed by atoms with E-state index in [1.165, 1.54) is 24.3 Å². The normalized spacial score (nSPS) is 11.0. The van der Waals surface area contributed by atoms with E-state index < -0.39 is 28.6 Å². The summed E-state index contributed by atoms with van der Waals surface area (Å²) in [5.41, 5.74) is -0.710. The zero-order valence-electron chi connectivity index (χ0n) is 12.3. The zero-order chi connectivity index (χ0) is 18.6. The Morgan fingerprint density at radius 1 is 1.24 bits per heavy atom. The van der Waals surface area contributed by atoms with Gasteiger partial charge in [-0.05, 0) is 18.2 Å². The Bertz CT molecular complexity index is 812. The quantitative estimate of drug-likeness (QED) is 0.631. The van der Waals surface area contributed by atoms with E-state index in [4.69, 9.17) is 11.6 Å². The van der Waals surface area contributed by atoms with Gasteiger partial charge in [-0.25, -0.2) is 0 Å². The standard InChI is InChI=1S/C15H10ClF3N2O4/c16-10-5-6-11(12(7-10)21(23)24)14(22)20-8-9-3-1-2-4-13(9)25-15(17,18)19/h1-7H,8H2,(H,20,22). The SMILES string of the molecule is O=C(NCc1ccccc1OC(F)(F)F)c1ccc(Cl)cc1[N+](=O)[O-]. The molecule has 2 rings (SSSR count). The first-order chi connectivity index (χ1) is 11.7. The molecule has 0 saturated heterocycles. The molecule has 0 unspecified atom stereocenters. The average molecular weight is 375 g/mol. The summed E-state index contributed by atoms with van der Waals surface area (Å²) in [5.74, 6) is -1.30. The summed E-state index contributed by atoms with van der Waals surface area (Å²) >= 11 is 5.66. The zero-order valence-corrected chi connectivity index (χ0v) is 13.1. The van der Waals surface area contributed by atoms with Crippen LogP contribution in [0.5, 0.6) is 5.75 Å². The molecule has 25 heavy (non-hydrogen) atoms. The summed E-state index contributed by atoms with van der Waals surface area (Å²) in [6.45, 7) is -0.315. The molecule has 10 heteroatoms. The average Bonchev–Trinajstić information content (AvgIpc) is 2.52. The number of halogens is 4. The summed E-state index contributed by atoms with van der Waals surface area (Å²) in [5, 5.41) is 13.4. The number of amides is 1. The lowest BCUT2D eigenvalue weighted by Gasteiger charge is -2.13. The molecule has 2 aromatic carbocycles. The summed E-state index contributed by atoms with van der Waals surface area (Å²) in [6.07, 6.45) is -4.88. The Kier molecular flexibility index (Phi) is 5.48. The molecule has 132 valence electrons. The van der Waals surface area contributed by atoms with Crippen LogP contribution in [0.4, 0.5) is 18.9 Å². The van der Waals surface area contributed by atoms with Gasteiger partial charge >= 0.3 is 6.36 Å². The number of hydrogen-bond donors (Lipinski definition) is 1. The van der Waals surface area contributed by atoms with Crippen molar-refractivity contribution in [2.75, 3.05) is 0 Å². The van der Waals surface area contributed by atoms with Gasteiger partial charge in [0.25, 0.3) is 11.6 Å². The van der Waals surface area contributed by atoms with Crippen LogP contribution in [0.3, 0.4) is 0 Å². The third-order valence-electron chi connectivity index (χ3n) is 3.04. The molecule has 0 heterocycles. The second kappa shape index (κ2) is 7.39. The topological polar surface area (TPSA) is 81.5 Å². The third-order valence-corrected chi connectivity index (χ3v) is 3.27. The van der Waals surface area contributed by atoms with E-state index in [0.29, 0.717) is 0 Å². The monoisotopic (exact) mass is 374 g/mol. The number of nitro groups is 1. The molecule has 0 aromatic heterocycles. The molecule has 0 spiro atoms. The first kappa shape index (κ1) is 18.5. The van der Waals surface area contributed by atoms with Gasteiger partial charge in [-0.3, -0.25) is 14.9 Å². The van der Waals surface area contributed by atoms with Crippen LogP contribution in [0, 0.1) is 10.1 Å². The van der Waals surface area contributed by atoms with Gasteiger partial charge in [-0.1, -0.05) is 29.8 Å². The molecule has 1 amide bonds. The Morgan fingerprint density at radius 3 is 2.56 bits per heavy atom. The maximum absolute atomic E-state index is 12.4. The van der Waals surface area contributed by atoms with Crippen LogP contribution in [-0.2, 0) is 6.54 Å². The molecular weight excluding hydrogens is 365 g/mol. The molecule has 0 aliphatic rings. The first-order valence-electron chi connectivity index (χ1n) is 6.73. The fourth-order valence-electron chi connectivity index (χ4n) is 1.99. The minimum absolute atomic E-state index is 0.0600. The van der Waals surface area contributed by atoms with Crippen molar-refractivity contribution < 1.29 is 27.6 Å². The Labute approximate surface area is 144 Å². The van der Waals surface area contributed by atoms with Crippen molar-refractivity contribution in [1.82, 2.24) is 5.32 Å². The molecule has 0 aliphatic heterocycles. The number of alkyl halides is 3. The smallest absolute Gasteiger partial charge is 0.405 e. The molecule has 0 aliphatic carbocycles. The lowest BCUT2D eigenvalue weighted by molar-refractivity contribution is -0.385. The van der Waals surface area contributed by atoms with E-state index in [2.05, 4.69) is 10.1 Å². The Hall–Kier alpha value is -2.81. The van der Waals surface area contributed by atoms with Crippen LogP contribution in [0.2, 0.25) is 5.02 Å². The highest BCUT2D eigenvalue weighted by molar-refractivity contribution is 6.31. The highest BCUT2D eigenvalue weighted by Crippen LogP contribution is 2.27. The van der Waals surface area contributed by atoms with Crippen LogP contribution in [-0.4, -0.2) is 17.2 Å². The minimum Gasteiger partial charge on any atom is -0.405 e. The number of nitrogens with one attached hydrogen (secondary N) is 1. The predicted molar refractivity (Wildman–Crippen MR) is 82.4 cm³/mol. The van der Waals surface area contributed by atoms with E-state index in [0.717, 1.165) is 18.2 Å². The van der Waals surface area contributed by atoms with Gasteiger partial charge in [-0.2, -0.15) is 0 Å². The van der Waals surface area contributed by atoms with E-state index in [1.54, 1.807) is 0 Å². The van der Waals surface area contributed by atoms with Gasteiger partial charge in [-0.15, -0.1) is 13.2 Å². The van der Waals surface area contributed by atoms with Crippen molar-refractivity contribution in [3.8, 4) is 5.75 Å². The number of ether oxygens (including phenoxy) is 1. The number of para-hydroxylation sites is 1. The fraction of sp³-hybridized carbons (Fsp3) is 0.133. The Balaban J connectivity index is 2.18. The largest absolute Gasteiger partial charge is 0.573 e. The van der Waals surface area contributed by atoms with Gasteiger partial charge in [0, 0.05) is 23.2 Å². The summed E-state index contributed by atoms with van der Waals surface area (Å²) < 4.78 is 41.0. The third kappa shape index (κ3) is 5.08. The first-order valence-corrected chi connectivity index (χ1v) is 7.11. The lowest BCUT2D eigenvalue weighted by atomic mass is 10.1. The van der Waals surface area contributed by atoms with Crippen LogP contribution in [0.1, 0.15) is 15.9 Å². The lowest BCUT2D eigenvalue weighted by Crippen LogP contribution is -2.25. The molecular formula is C15H10ClF3N2O4. The number of carbonyl (C=O) groups excluding carboxylic acids is 1. The van der Waals surface area contributed by atoms with Gasteiger partial charge in [0.2, 0.25) is 0 Å². The van der Waals surface area contributed by atoms with Crippen molar-refractivity contribution in [3.63, 3.8) is 0 Å². The molecule has 2 aromatic rings. The molecule has 0 bridgehead atoms. The molecule has 0 saturated carbocycles. The minimum atomic E-state index is -4.88. The highest BCUT2D eigenvalue weighted by Gasteiger charge is 2.32. The fourth-order valence-corrected chi connectivity index (χ4v) is 2.16. The molecule has 1 N–H and O–H groups in total. The Morgan fingerprint density at radius 2 is 1.92 bits per heavy atom. The van der Waals surface area contributed by atoms with E-state index in [1.807, 2.05) is 0 Å². The van der Waals surface area contributed by atoms with Gasteiger partial charge < -0.3 is 10.1 Å². The van der Waals surface area contributed by atoms with Gasteiger partial charge in [0.1, 0.15) is 11.3 Å². The van der Waals surface area contributed by atoms with Crippen LogP contribution >= 0.6 is 11.6 Å². The summed E-state index contributed by atoms with van der Waals surface area (Å²) in [6, 6.07) is 8.71. The molecule has 6 nitrogen and oxygen atoms in total. The number of rotatable bonds is 5. The van der Waals surface area contributed by atoms with Crippen LogP contribution < -0.4 is 10.1 Å². The maximum atomic E-state index is 12.4. The second-order valence-corrected chi connectivity index (χ2v) is 5.19. The van der Waals surface area contributed by atoms with Crippen molar-refractivity contribution in [2.45, 2.75) is 12.9 Å². The highest BCUT2D eigenvalue weighted by atomic mass is 35.5. The van der Waals surface area contributed by atoms with Crippen molar-refractivity contribution in [3.05, 3.63) is 68.7 Å². The number of hydrogen-bond acceptors (Lipinski definition) is 4. The summed E-state index contributed by atoms with van der Waals surface area (Å²) in [7, 11) is 0. The van der Waals surface area contributed by atoms with E-state index in [9.17, 15) is 28.1 Å². The number of carbonyl (C=O) groups is 1.